The average Bonchev–Trinajstić information content (AvgIpc) is 2.43. The van der Waals surface area contributed by atoms with Crippen LogP contribution in [0.15, 0.2) is 18.2 Å². The lowest BCUT2D eigenvalue weighted by Crippen LogP contribution is -1.92. The van der Waals surface area contributed by atoms with Crippen molar-refractivity contribution in [3.05, 3.63) is 45.2 Å². The molecule has 0 saturated heterocycles. The minimum atomic E-state index is 0.431. The normalized spacial score (nSPS) is 10.7. The molecule has 0 saturated carbocycles. The van der Waals surface area contributed by atoms with Crippen LogP contribution in [0.25, 0.3) is 0 Å². The van der Waals surface area contributed by atoms with Gasteiger partial charge in [0.15, 0.2) is 5.95 Å². The molecule has 0 aliphatic heterocycles. The Hall–Kier alpha value is -1.19. The van der Waals surface area contributed by atoms with Gasteiger partial charge in [0.1, 0.15) is 0 Å². The fraction of sp³-hybridized carbons (Fsp3) is 0.182. The number of aromatic nitrogens is 2. The Morgan fingerprint density at radius 1 is 1.25 bits per heavy atom. The number of imidazole rings is 1. The zero-order valence-corrected chi connectivity index (χ0v) is 10.2. The summed E-state index contributed by atoms with van der Waals surface area (Å²) >= 11 is 11.8. The van der Waals surface area contributed by atoms with E-state index < -0.39 is 0 Å². The Bertz CT molecular complexity index is 500. The van der Waals surface area contributed by atoms with Crippen LogP contribution >= 0.6 is 23.2 Å². The van der Waals surface area contributed by atoms with Crippen LogP contribution in [0.4, 0.5) is 5.95 Å². The summed E-state index contributed by atoms with van der Waals surface area (Å²) in [5.74, 6) is 0.431. The second kappa shape index (κ2) is 4.36. The predicted molar refractivity (Wildman–Crippen MR) is 67.0 cm³/mol. The third-order valence-corrected chi connectivity index (χ3v) is 2.73. The molecule has 1 aromatic heterocycles. The molecule has 0 unspecified atom stereocenters. The number of hydrogen-bond donors (Lipinski definition) is 2. The summed E-state index contributed by atoms with van der Waals surface area (Å²) in [6.07, 6.45) is 0.666. The highest BCUT2D eigenvalue weighted by Crippen LogP contribution is 2.21. The number of nitrogen functional groups attached to an aromatic ring is 1. The van der Waals surface area contributed by atoms with E-state index in [2.05, 4.69) is 9.97 Å². The van der Waals surface area contributed by atoms with Crippen molar-refractivity contribution in [3.63, 3.8) is 0 Å². The van der Waals surface area contributed by atoms with E-state index in [-0.39, 0.29) is 0 Å². The Morgan fingerprint density at radius 2 is 1.88 bits per heavy atom. The van der Waals surface area contributed by atoms with Gasteiger partial charge in [0.05, 0.1) is 5.69 Å². The highest BCUT2D eigenvalue weighted by Gasteiger charge is 2.06. The molecule has 2 aromatic rings. The van der Waals surface area contributed by atoms with Gasteiger partial charge in [-0.1, -0.05) is 23.2 Å². The van der Waals surface area contributed by atoms with Crippen molar-refractivity contribution in [3.8, 4) is 0 Å². The van der Waals surface area contributed by atoms with Crippen molar-refractivity contribution in [1.82, 2.24) is 9.97 Å². The molecule has 5 heteroatoms. The number of anilines is 1. The van der Waals surface area contributed by atoms with Gasteiger partial charge in [0.2, 0.25) is 0 Å². The van der Waals surface area contributed by atoms with Gasteiger partial charge >= 0.3 is 0 Å². The number of hydrogen-bond acceptors (Lipinski definition) is 2. The summed E-state index contributed by atoms with van der Waals surface area (Å²) in [6, 6.07) is 5.45. The third-order valence-electron chi connectivity index (χ3n) is 2.30. The molecular weight excluding hydrogens is 245 g/mol. The minimum absolute atomic E-state index is 0.431. The smallest absolute Gasteiger partial charge is 0.197 e. The molecule has 0 fully saturated rings. The van der Waals surface area contributed by atoms with E-state index in [1.165, 1.54) is 0 Å². The molecule has 0 amide bonds. The first-order chi connectivity index (χ1) is 7.54. The third kappa shape index (κ3) is 2.49. The average molecular weight is 256 g/mol. The quantitative estimate of drug-likeness (QED) is 0.866. The SMILES string of the molecule is Cc1[nH]c(N)nc1Cc1cc(Cl)cc(Cl)c1. The second-order valence-corrected chi connectivity index (χ2v) is 4.52. The first-order valence-corrected chi connectivity index (χ1v) is 5.56. The maximum absolute atomic E-state index is 5.92. The topological polar surface area (TPSA) is 54.7 Å². The summed E-state index contributed by atoms with van der Waals surface area (Å²) in [7, 11) is 0. The standard InChI is InChI=1S/C11H11Cl2N3/c1-6-10(16-11(14)15-6)4-7-2-8(12)5-9(13)3-7/h2-3,5H,4H2,1H3,(H3,14,15,16). The molecule has 0 spiro atoms. The maximum Gasteiger partial charge on any atom is 0.197 e. The molecule has 0 bridgehead atoms. The highest BCUT2D eigenvalue weighted by molar-refractivity contribution is 6.34. The number of rotatable bonds is 2. The van der Waals surface area contributed by atoms with Crippen LogP contribution in [0.1, 0.15) is 17.0 Å². The van der Waals surface area contributed by atoms with Crippen LogP contribution in [0.5, 0.6) is 0 Å². The molecule has 3 nitrogen and oxygen atoms in total. The number of halogens is 2. The zero-order valence-electron chi connectivity index (χ0n) is 8.72. The summed E-state index contributed by atoms with van der Waals surface area (Å²) in [6.45, 7) is 1.94. The molecule has 2 rings (SSSR count). The number of nitrogens with two attached hydrogens (primary N) is 1. The van der Waals surface area contributed by atoms with Gasteiger partial charge in [-0.05, 0) is 30.7 Å². The van der Waals surface area contributed by atoms with E-state index in [9.17, 15) is 0 Å². The highest BCUT2D eigenvalue weighted by atomic mass is 35.5. The van der Waals surface area contributed by atoms with Gasteiger partial charge in [-0.15, -0.1) is 0 Å². The van der Waals surface area contributed by atoms with Crippen LogP contribution in [-0.2, 0) is 6.42 Å². The van der Waals surface area contributed by atoms with E-state index in [1.54, 1.807) is 6.07 Å². The van der Waals surface area contributed by atoms with E-state index in [0.717, 1.165) is 17.0 Å². The van der Waals surface area contributed by atoms with Crippen molar-refractivity contribution in [2.75, 3.05) is 5.73 Å². The number of aromatic amines is 1. The van der Waals surface area contributed by atoms with Crippen molar-refractivity contribution in [2.45, 2.75) is 13.3 Å². The molecule has 3 N–H and O–H groups in total. The molecule has 0 radical (unpaired) electrons. The van der Waals surface area contributed by atoms with Crippen molar-refractivity contribution in [2.24, 2.45) is 0 Å². The summed E-state index contributed by atoms with van der Waals surface area (Å²) in [4.78, 5) is 7.16. The van der Waals surface area contributed by atoms with Gasteiger partial charge in [-0.25, -0.2) is 4.98 Å². The largest absolute Gasteiger partial charge is 0.369 e. The molecule has 16 heavy (non-hydrogen) atoms. The van der Waals surface area contributed by atoms with E-state index in [4.69, 9.17) is 28.9 Å². The lowest BCUT2D eigenvalue weighted by atomic mass is 10.1. The number of nitrogens with one attached hydrogen (secondary N) is 1. The summed E-state index contributed by atoms with van der Waals surface area (Å²) in [5.41, 5.74) is 8.47. The number of aryl methyl sites for hydroxylation is 1. The molecule has 1 aromatic carbocycles. The fourth-order valence-corrected chi connectivity index (χ4v) is 2.17. The Kier molecular flexibility index (Phi) is 3.08. The predicted octanol–water partition coefficient (Wildman–Crippen LogP) is 3.20. The van der Waals surface area contributed by atoms with Crippen LogP contribution in [-0.4, -0.2) is 9.97 Å². The second-order valence-electron chi connectivity index (χ2n) is 3.65. The Balaban J connectivity index is 2.30. The molecular formula is C11H11Cl2N3. The first kappa shape index (κ1) is 11.3. The molecule has 0 aliphatic carbocycles. The summed E-state index contributed by atoms with van der Waals surface area (Å²) < 4.78 is 0. The molecule has 84 valence electrons. The number of nitrogens with zero attached hydrogens (tertiary/aromatic N) is 1. The van der Waals surface area contributed by atoms with Gasteiger partial charge < -0.3 is 10.7 Å². The Labute approximate surface area is 104 Å². The number of benzene rings is 1. The van der Waals surface area contributed by atoms with Gasteiger partial charge in [0.25, 0.3) is 0 Å². The van der Waals surface area contributed by atoms with E-state index in [0.29, 0.717) is 22.4 Å². The monoisotopic (exact) mass is 255 g/mol. The van der Waals surface area contributed by atoms with Crippen LogP contribution < -0.4 is 5.73 Å². The molecule has 0 atom stereocenters. The van der Waals surface area contributed by atoms with Gasteiger partial charge in [-0.2, -0.15) is 0 Å². The van der Waals surface area contributed by atoms with Gasteiger partial charge in [-0.3, -0.25) is 0 Å². The van der Waals surface area contributed by atoms with Crippen molar-refractivity contribution in [1.29, 1.82) is 0 Å². The van der Waals surface area contributed by atoms with Gasteiger partial charge in [0, 0.05) is 22.2 Å². The lowest BCUT2D eigenvalue weighted by molar-refractivity contribution is 1.08. The molecule has 0 aliphatic rings. The number of H-pyrrole nitrogens is 1. The maximum atomic E-state index is 5.92. The minimum Gasteiger partial charge on any atom is -0.369 e. The fourth-order valence-electron chi connectivity index (χ4n) is 1.60. The zero-order chi connectivity index (χ0) is 11.7. The van der Waals surface area contributed by atoms with E-state index >= 15 is 0 Å². The molecule has 1 heterocycles. The first-order valence-electron chi connectivity index (χ1n) is 4.80. The lowest BCUT2D eigenvalue weighted by Gasteiger charge is -2.01. The van der Waals surface area contributed by atoms with Crippen LogP contribution in [0, 0.1) is 6.92 Å². The van der Waals surface area contributed by atoms with Crippen LogP contribution in [0.3, 0.4) is 0 Å². The summed E-state index contributed by atoms with van der Waals surface area (Å²) in [5, 5.41) is 1.26. The Morgan fingerprint density at radius 3 is 2.38 bits per heavy atom. The van der Waals surface area contributed by atoms with Crippen LogP contribution in [0.2, 0.25) is 10.0 Å². The van der Waals surface area contributed by atoms with E-state index in [1.807, 2.05) is 19.1 Å². The van der Waals surface area contributed by atoms with Crippen molar-refractivity contribution < 1.29 is 0 Å². The van der Waals surface area contributed by atoms with Crippen molar-refractivity contribution >= 4 is 29.2 Å².